The van der Waals surface area contributed by atoms with Crippen molar-refractivity contribution < 1.29 is 33.9 Å². The highest BCUT2D eigenvalue weighted by molar-refractivity contribution is 5.94. The van der Waals surface area contributed by atoms with Crippen LogP contribution in [0.1, 0.15) is 58.8 Å². The number of carboxylic acids is 1. The number of amides is 5. The van der Waals surface area contributed by atoms with Crippen LogP contribution in [0.3, 0.4) is 0 Å². The van der Waals surface area contributed by atoms with Crippen molar-refractivity contribution in [3.8, 4) is 0 Å². The van der Waals surface area contributed by atoms with Crippen LogP contribution in [0.15, 0.2) is 0 Å². The number of carboxylic acid groups (broad SMARTS) is 1. The van der Waals surface area contributed by atoms with Gasteiger partial charge in [-0.05, 0) is 38.0 Å². The lowest BCUT2D eigenvalue weighted by Crippen LogP contribution is -2.57. The van der Waals surface area contributed by atoms with Gasteiger partial charge in [0.1, 0.15) is 18.1 Å². The van der Waals surface area contributed by atoms with Crippen LogP contribution in [0, 0.1) is 5.92 Å². The predicted molar refractivity (Wildman–Crippen MR) is 121 cm³/mol. The van der Waals surface area contributed by atoms with Gasteiger partial charge < -0.3 is 37.8 Å². The Balaban J connectivity index is 2.92. The first-order valence-electron chi connectivity index (χ1n) is 11.3. The van der Waals surface area contributed by atoms with E-state index in [1.165, 1.54) is 4.90 Å². The molecular weight excluding hydrogens is 448 g/mol. The number of carbonyl (C=O) groups is 6. The second-order valence-electron chi connectivity index (χ2n) is 8.90. The van der Waals surface area contributed by atoms with Crippen LogP contribution in [0.5, 0.6) is 0 Å². The number of nitrogens with one attached hydrogen (secondary N) is 2. The Bertz CT molecular complexity index is 788. The Morgan fingerprint density at radius 3 is 2.09 bits per heavy atom. The maximum atomic E-state index is 13.3. The number of primary amides is 2. The molecule has 0 saturated carbocycles. The van der Waals surface area contributed by atoms with Gasteiger partial charge in [0.2, 0.25) is 29.5 Å². The molecule has 1 fully saturated rings. The second kappa shape index (κ2) is 13.5. The number of hydrogen-bond donors (Lipinski definition) is 6. The van der Waals surface area contributed by atoms with Gasteiger partial charge in [0.15, 0.2) is 0 Å². The van der Waals surface area contributed by atoms with E-state index in [2.05, 4.69) is 10.6 Å². The number of rotatable bonds is 14. The van der Waals surface area contributed by atoms with E-state index in [1.54, 1.807) is 0 Å². The van der Waals surface area contributed by atoms with Crippen molar-refractivity contribution in [1.82, 2.24) is 15.5 Å². The minimum atomic E-state index is -1.33. The summed E-state index contributed by atoms with van der Waals surface area (Å²) in [5, 5.41) is 14.3. The summed E-state index contributed by atoms with van der Waals surface area (Å²) in [6, 6.07) is -4.23. The molecule has 0 bridgehead atoms. The largest absolute Gasteiger partial charge is 0.480 e. The Hall–Kier alpha value is -3.22. The fourth-order valence-corrected chi connectivity index (χ4v) is 3.72. The van der Waals surface area contributed by atoms with Gasteiger partial charge in [0.25, 0.3) is 0 Å². The number of carbonyl (C=O) groups excluding carboxylic acids is 5. The van der Waals surface area contributed by atoms with Crippen molar-refractivity contribution in [2.45, 2.75) is 83.0 Å². The van der Waals surface area contributed by atoms with Crippen LogP contribution >= 0.6 is 0 Å². The minimum absolute atomic E-state index is 0.0242. The summed E-state index contributed by atoms with van der Waals surface area (Å²) in [6.07, 6.45) is 0.680. The fourth-order valence-electron chi connectivity index (χ4n) is 3.72. The summed E-state index contributed by atoms with van der Waals surface area (Å²) in [5.41, 5.74) is 16.0. The molecule has 0 aliphatic carbocycles. The molecular formula is C21H36N6O7. The molecule has 0 radical (unpaired) electrons. The number of likely N-dealkylation sites (tertiary alicyclic amines) is 1. The summed E-state index contributed by atoms with van der Waals surface area (Å²) in [6.45, 7) is 3.99. The Morgan fingerprint density at radius 1 is 0.971 bits per heavy atom. The second-order valence-corrected chi connectivity index (χ2v) is 8.90. The molecule has 1 heterocycles. The first-order chi connectivity index (χ1) is 15.8. The molecule has 5 amide bonds. The molecule has 13 heteroatoms. The maximum absolute atomic E-state index is 13.3. The van der Waals surface area contributed by atoms with Gasteiger partial charge in [-0.15, -0.1) is 0 Å². The zero-order valence-electron chi connectivity index (χ0n) is 19.6. The highest BCUT2D eigenvalue weighted by Gasteiger charge is 2.39. The molecule has 4 unspecified atom stereocenters. The number of hydrogen-bond acceptors (Lipinski definition) is 7. The van der Waals surface area contributed by atoms with Gasteiger partial charge in [-0.2, -0.15) is 0 Å². The molecule has 1 rings (SSSR count). The lowest BCUT2D eigenvalue weighted by atomic mass is 10.0. The molecule has 1 aliphatic rings. The zero-order chi connectivity index (χ0) is 26.0. The average Bonchev–Trinajstić information content (AvgIpc) is 3.22. The van der Waals surface area contributed by atoms with Gasteiger partial charge in [-0.1, -0.05) is 13.8 Å². The van der Waals surface area contributed by atoms with Gasteiger partial charge in [-0.3, -0.25) is 24.0 Å². The van der Waals surface area contributed by atoms with E-state index in [4.69, 9.17) is 17.2 Å². The highest BCUT2D eigenvalue weighted by atomic mass is 16.4. The molecule has 0 aromatic heterocycles. The van der Waals surface area contributed by atoms with Gasteiger partial charge in [0.05, 0.1) is 6.04 Å². The zero-order valence-corrected chi connectivity index (χ0v) is 19.6. The minimum Gasteiger partial charge on any atom is -0.480 e. The normalized spacial score (nSPS) is 18.1. The van der Waals surface area contributed by atoms with Crippen molar-refractivity contribution in [1.29, 1.82) is 0 Å². The third-order valence-electron chi connectivity index (χ3n) is 5.49. The third kappa shape index (κ3) is 9.33. The lowest BCUT2D eigenvalue weighted by molar-refractivity contribution is -0.145. The van der Waals surface area contributed by atoms with Crippen LogP contribution in [0.25, 0.3) is 0 Å². The number of aliphatic carboxylic acids is 1. The van der Waals surface area contributed by atoms with E-state index < -0.39 is 59.7 Å². The first kappa shape index (κ1) is 28.8. The molecule has 34 heavy (non-hydrogen) atoms. The summed E-state index contributed by atoms with van der Waals surface area (Å²) >= 11 is 0. The van der Waals surface area contributed by atoms with Gasteiger partial charge >= 0.3 is 5.97 Å². The van der Waals surface area contributed by atoms with E-state index >= 15 is 0 Å². The van der Waals surface area contributed by atoms with Crippen molar-refractivity contribution in [2.75, 3.05) is 6.54 Å². The van der Waals surface area contributed by atoms with E-state index in [0.717, 1.165) is 0 Å². The van der Waals surface area contributed by atoms with E-state index in [0.29, 0.717) is 12.8 Å². The molecule has 0 aromatic carbocycles. The third-order valence-corrected chi connectivity index (χ3v) is 5.49. The fraction of sp³-hybridized carbons (Fsp3) is 0.714. The number of nitrogens with zero attached hydrogens (tertiary/aromatic N) is 1. The molecule has 0 aromatic rings. The lowest BCUT2D eigenvalue weighted by Gasteiger charge is -2.30. The van der Waals surface area contributed by atoms with Crippen LogP contribution in [0.2, 0.25) is 0 Å². The maximum Gasteiger partial charge on any atom is 0.326 e. The summed E-state index contributed by atoms with van der Waals surface area (Å²) in [7, 11) is 0. The first-order valence-corrected chi connectivity index (χ1v) is 11.3. The van der Waals surface area contributed by atoms with Crippen molar-refractivity contribution in [3.05, 3.63) is 0 Å². The van der Waals surface area contributed by atoms with Crippen LogP contribution in [-0.2, 0) is 28.8 Å². The van der Waals surface area contributed by atoms with Crippen LogP contribution in [0.4, 0.5) is 0 Å². The Kier molecular flexibility index (Phi) is 11.4. The summed E-state index contributed by atoms with van der Waals surface area (Å²) in [5.74, 6) is -4.34. The SMILES string of the molecule is CC(C)CC(NC(=O)C(N)CCC(N)=O)C(=O)N1CCCC1C(=O)NC(CCC(N)=O)C(=O)O. The average molecular weight is 485 g/mol. The molecule has 13 nitrogen and oxygen atoms in total. The van der Waals surface area contributed by atoms with Crippen LogP contribution in [-0.4, -0.2) is 76.2 Å². The molecule has 1 saturated heterocycles. The standard InChI is InChI=1S/C21H36N6O7/c1-11(2)10-14(26-18(30)12(22)5-7-16(23)28)20(32)27-9-3-4-15(27)19(31)25-13(21(33)34)6-8-17(24)29/h11-15H,3-10,22H2,1-2H3,(H2,23,28)(H2,24,29)(H,25,31)(H,26,30)(H,33,34). The van der Waals surface area contributed by atoms with Gasteiger partial charge in [0, 0.05) is 19.4 Å². The van der Waals surface area contributed by atoms with Crippen LogP contribution < -0.4 is 27.8 Å². The van der Waals surface area contributed by atoms with E-state index in [1.807, 2.05) is 13.8 Å². The Morgan fingerprint density at radius 2 is 1.56 bits per heavy atom. The molecule has 192 valence electrons. The molecule has 1 aliphatic heterocycles. The highest BCUT2D eigenvalue weighted by Crippen LogP contribution is 2.21. The molecule has 4 atom stereocenters. The van der Waals surface area contributed by atoms with E-state index in [-0.39, 0.29) is 44.6 Å². The van der Waals surface area contributed by atoms with Gasteiger partial charge in [-0.25, -0.2) is 4.79 Å². The van der Waals surface area contributed by atoms with Crippen molar-refractivity contribution in [2.24, 2.45) is 23.1 Å². The predicted octanol–water partition coefficient (Wildman–Crippen LogP) is -2.06. The monoisotopic (exact) mass is 484 g/mol. The number of nitrogens with two attached hydrogens (primary N) is 3. The quantitative estimate of drug-likeness (QED) is 0.160. The summed E-state index contributed by atoms with van der Waals surface area (Å²) in [4.78, 5) is 73.3. The van der Waals surface area contributed by atoms with Crippen molar-refractivity contribution >= 4 is 35.5 Å². The molecule has 0 spiro atoms. The smallest absolute Gasteiger partial charge is 0.326 e. The molecule has 9 N–H and O–H groups in total. The summed E-state index contributed by atoms with van der Waals surface area (Å²) < 4.78 is 0. The van der Waals surface area contributed by atoms with Crippen molar-refractivity contribution in [3.63, 3.8) is 0 Å². The Labute approximate surface area is 198 Å². The topological polar surface area (TPSA) is 228 Å². The van der Waals surface area contributed by atoms with E-state index in [9.17, 15) is 33.9 Å².